The summed E-state index contributed by atoms with van der Waals surface area (Å²) in [5, 5.41) is 8.95. The van der Waals surface area contributed by atoms with Crippen molar-refractivity contribution in [3.05, 3.63) is 52.3 Å². The number of halogens is 1. The zero-order valence-corrected chi connectivity index (χ0v) is 15.6. The third kappa shape index (κ3) is 4.00. The van der Waals surface area contributed by atoms with E-state index in [0.29, 0.717) is 12.1 Å². The molecule has 2 aromatic rings. The van der Waals surface area contributed by atoms with Crippen LogP contribution >= 0.6 is 11.6 Å². The van der Waals surface area contributed by atoms with Gasteiger partial charge in [0.05, 0.1) is 6.20 Å². The third-order valence-electron chi connectivity index (χ3n) is 4.96. The molecule has 1 aliphatic rings. The van der Waals surface area contributed by atoms with Crippen molar-refractivity contribution in [3.8, 4) is 0 Å². The highest BCUT2D eigenvalue weighted by Gasteiger charge is 2.22. The van der Waals surface area contributed by atoms with Crippen LogP contribution in [0.4, 0.5) is 0 Å². The number of hydrogen-bond donors (Lipinski definition) is 1. The number of nitrogens with zero attached hydrogens (tertiary/aromatic N) is 3. The number of aryl methyl sites for hydroxylation is 2. The molecule has 1 N–H and O–H groups in total. The van der Waals surface area contributed by atoms with E-state index in [1.807, 2.05) is 24.0 Å². The molecule has 130 valence electrons. The standard InChI is InChI=1S/C19H27ClN4/c1-23(2)19(15-11-22-24(3)13-15)12-21-18-7-5-4-6-14-8-9-16(20)10-17(14)18/h8-11,13,18-19,21H,4-7,12H2,1-3H3. The van der Waals surface area contributed by atoms with E-state index in [9.17, 15) is 0 Å². The van der Waals surface area contributed by atoms with Gasteiger partial charge in [0, 0.05) is 42.5 Å². The van der Waals surface area contributed by atoms with Gasteiger partial charge in [-0.2, -0.15) is 5.10 Å². The Morgan fingerprint density at radius 1 is 1.38 bits per heavy atom. The fraction of sp³-hybridized carbons (Fsp3) is 0.526. The van der Waals surface area contributed by atoms with Gasteiger partial charge < -0.3 is 10.2 Å². The van der Waals surface area contributed by atoms with Crippen LogP contribution in [0.5, 0.6) is 0 Å². The van der Waals surface area contributed by atoms with E-state index in [-0.39, 0.29) is 0 Å². The van der Waals surface area contributed by atoms with Crippen molar-refractivity contribution in [3.63, 3.8) is 0 Å². The van der Waals surface area contributed by atoms with Crippen LogP contribution in [-0.2, 0) is 13.5 Å². The van der Waals surface area contributed by atoms with E-state index >= 15 is 0 Å². The van der Waals surface area contributed by atoms with Crippen LogP contribution in [0.1, 0.15) is 48.0 Å². The molecule has 0 spiro atoms. The molecular formula is C19H27ClN4. The zero-order chi connectivity index (χ0) is 17.1. The lowest BCUT2D eigenvalue weighted by molar-refractivity contribution is 0.277. The Hall–Kier alpha value is -1.36. The van der Waals surface area contributed by atoms with Gasteiger partial charge in [-0.1, -0.05) is 24.1 Å². The van der Waals surface area contributed by atoms with Gasteiger partial charge in [-0.05, 0) is 56.6 Å². The number of fused-ring (bicyclic) bond motifs is 1. The minimum Gasteiger partial charge on any atom is -0.308 e. The van der Waals surface area contributed by atoms with E-state index in [4.69, 9.17) is 11.6 Å². The molecule has 4 nitrogen and oxygen atoms in total. The van der Waals surface area contributed by atoms with Crippen LogP contribution < -0.4 is 5.32 Å². The molecule has 24 heavy (non-hydrogen) atoms. The first kappa shape index (κ1) is 17.5. The molecule has 2 unspecified atom stereocenters. The van der Waals surface area contributed by atoms with Crippen LogP contribution in [0.15, 0.2) is 30.6 Å². The van der Waals surface area contributed by atoms with Gasteiger partial charge in [0.25, 0.3) is 0 Å². The normalized spacial score (nSPS) is 19.1. The van der Waals surface area contributed by atoms with Crippen LogP contribution in [0.2, 0.25) is 5.02 Å². The summed E-state index contributed by atoms with van der Waals surface area (Å²) < 4.78 is 1.87. The maximum Gasteiger partial charge on any atom is 0.0538 e. The average Bonchev–Trinajstić information content (AvgIpc) is 2.86. The highest BCUT2D eigenvalue weighted by Crippen LogP contribution is 2.31. The molecule has 3 rings (SSSR count). The molecule has 0 saturated heterocycles. The first-order valence-corrected chi connectivity index (χ1v) is 9.09. The Morgan fingerprint density at radius 3 is 2.92 bits per heavy atom. The molecule has 0 radical (unpaired) electrons. The second kappa shape index (κ2) is 7.68. The number of benzene rings is 1. The summed E-state index contributed by atoms with van der Waals surface area (Å²) in [5.74, 6) is 0. The summed E-state index contributed by atoms with van der Waals surface area (Å²) in [7, 11) is 6.21. The van der Waals surface area contributed by atoms with Crippen molar-refractivity contribution in [2.24, 2.45) is 7.05 Å². The fourth-order valence-corrected chi connectivity index (χ4v) is 3.79. The average molecular weight is 347 g/mol. The van der Waals surface area contributed by atoms with Crippen molar-refractivity contribution in [2.75, 3.05) is 20.6 Å². The monoisotopic (exact) mass is 346 g/mol. The summed E-state index contributed by atoms with van der Waals surface area (Å²) >= 11 is 6.26. The summed E-state index contributed by atoms with van der Waals surface area (Å²) in [5.41, 5.74) is 4.07. The summed E-state index contributed by atoms with van der Waals surface area (Å²) in [4.78, 5) is 2.25. The summed E-state index contributed by atoms with van der Waals surface area (Å²) in [6.07, 6.45) is 8.90. The van der Waals surface area contributed by atoms with E-state index < -0.39 is 0 Å². The lowest BCUT2D eigenvalue weighted by Crippen LogP contribution is -2.33. The SMILES string of the molecule is CN(C)C(CNC1CCCCc2ccc(Cl)cc21)c1cnn(C)c1. The summed E-state index contributed by atoms with van der Waals surface area (Å²) in [6, 6.07) is 7.04. The number of hydrogen-bond acceptors (Lipinski definition) is 3. The molecule has 1 aromatic carbocycles. The highest BCUT2D eigenvalue weighted by atomic mass is 35.5. The lowest BCUT2D eigenvalue weighted by Gasteiger charge is -2.27. The van der Waals surface area contributed by atoms with Crippen molar-refractivity contribution < 1.29 is 0 Å². The molecule has 0 amide bonds. The molecule has 1 aliphatic carbocycles. The second-order valence-corrected chi connectivity index (χ2v) is 7.41. The summed E-state index contributed by atoms with van der Waals surface area (Å²) in [6.45, 7) is 0.898. The lowest BCUT2D eigenvalue weighted by atomic mass is 9.98. The van der Waals surface area contributed by atoms with Crippen LogP contribution in [-0.4, -0.2) is 35.3 Å². The van der Waals surface area contributed by atoms with Crippen molar-refractivity contribution in [2.45, 2.75) is 37.8 Å². The Kier molecular flexibility index (Phi) is 5.59. The first-order valence-electron chi connectivity index (χ1n) is 8.71. The van der Waals surface area contributed by atoms with Crippen molar-refractivity contribution in [1.29, 1.82) is 0 Å². The highest BCUT2D eigenvalue weighted by molar-refractivity contribution is 6.30. The predicted molar refractivity (Wildman–Crippen MR) is 99.4 cm³/mol. The second-order valence-electron chi connectivity index (χ2n) is 6.98. The number of nitrogens with one attached hydrogen (secondary N) is 1. The molecule has 1 heterocycles. The Balaban J connectivity index is 1.76. The molecule has 0 aliphatic heterocycles. The Labute approximate surface area is 149 Å². The Bertz CT molecular complexity index is 680. The first-order chi connectivity index (χ1) is 11.5. The largest absolute Gasteiger partial charge is 0.308 e. The molecule has 0 fully saturated rings. The molecule has 0 saturated carbocycles. The number of rotatable bonds is 5. The van der Waals surface area contributed by atoms with Crippen LogP contribution in [0.25, 0.3) is 0 Å². The number of likely N-dealkylation sites (N-methyl/N-ethyl adjacent to an activating group) is 1. The Morgan fingerprint density at radius 2 is 2.21 bits per heavy atom. The van der Waals surface area contributed by atoms with Gasteiger partial charge in [0.2, 0.25) is 0 Å². The molecular weight excluding hydrogens is 320 g/mol. The maximum atomic E-state index is 6.26. The van der Waals surface area contributed by atoms with Crippen molar-refractivity contribution in [1.82, 2.24) is 20.0 Å². The molecule has 1 aromatic heterocycles. The van der Waals surface area contributed by atoms with E-state index in [0.717, 1.165) is 18.0 Å². The van der Waals surface area contributed by atoms with Crippen LogP contribution in [0, 0.1) is 0 Å². The van der Waals surface area contributed by atoms with E-state index in [2.05, 4.69) is 47.7 Å². The molecule has 0 bridgehead atoms. The van der Waals surface area contributed by atoms with Crippen LogP contribution in [0.3, 0.4) is 0 Å². The molecule has 2 atom stereocenters. The smallest absolute Gasteiger partial charge is 0.0538 e. The fourth-order valence-electron chi connectivity index (χ4n) is 3.61. The van der Waals surface area contributed by atoms with Gasteiger partial charge in [0.15, 0.2) is 0 Å². The van der Waals surface area contributed by atoms with E-state index in [1.54, 1.807) is 0 Å². The van der Waals surface area contributed by atoms with E-state index in [1.165, 1.54) is 36.0 Å². The maximum absolute atomic E-state index is 6.26. The van der Waals surface area contributed by atoms with Gasteiger partial charge in [-0.3, -0.25) is 4.68 Å². The predicted octanol–water partition coefficient (Wildman–Crippen LogP) is 3.73. The van der Waals surface area contributed by atoms with Gasteiger partial charge in [0.1, 0.15) is 0 Å². The van der Waals surface area contributed by atoms with Gasteiger partial charge >= 0.3 is 0 Å². The van der Waals surface area contributed by atoms with Gasteiger partial charge in [-0.25, -0.2) is 0 Å². The quantitative estimate of drug-likeness (QED) is 0.837. The minimum absolute atomic E-state index is 0.310. The topological polar surface area (TPSA) is 33.1 Å². The minimum atomic E-state index is 0.310. The molecule has 5 heteroatoms. The van der Waals surface area contributed by atoms with Crippen molar-refractivity contribution >= 4 is 11.6 Å². The van der Waals surface area contributed by atoms with Gasteiger partial charge in [-0.15, -0.1) is 0 Å². The third-order valence-corrected chi connectivity index (χ3v) is 5.20. The zero-order valence-electron chi connectivity index (χ0n) is 14.8. The number of aromatic nitrogens is 2.